The lowest BCUT2D eigenvalue weighted by atomic mass is 10.1. The average Bonchev–Trinajstić information content (AvgIpc) is 2.88. The normalized spacial score (nSPS) is 10.7. The number of ether oxygens (including phenoxy) is 2. The molecule has 0 unspecified atom stereocenters. The van der Waals surface area contributed by atoms with Crippen LogP contribution in [0.15, 0.2) is 114 Å². The summed E-state index contributed by atoms with van der Waals surface area (Å²) >= 11 is 0. The standard InChI is InChI=1S/C28H24N2O3/c31-28(21-33-26-16-14-25(15-17-26)24-11-5-2-6-12-24)30-29-19-23-10-7-13-27(18-23)32-20-22-8-3-1-4-9-22/h1-19H,20-21H2,(H,30,31)/b29-19-. The van der Waals surface area contributed by atoms with E-state index in [0.717, 1.165) is 28.0 Å². The summed E-state index contributed by atoms with van der Waals surface area (Å²) < 4.78 is 11.4. The van der Waals surface area contributed by atoms with Crippen LogP contribution in [0.5, 0.6) is 11.5 Å². The van der Waals surface area contributed by atoms with Gasteiger partial charge in [0.25, 0.3) is 5.91 Å². The minimum atomic E-state index is -0.338. The number of hydrogen-bond donors (Lipinski definition) is 1. The Hall–Kier alpha value is -4.38. The number of carbonyl (C=O) groups is 1. The maximum Gasteiger partial charge on any atom is 0.277 e. The highest BCUT2D eigenvalue weighted by Crippen LogP contribution is 2.22. The molecule has 0 saturated heterocycles. The fourth-order valence-corrected chi connectivity index (χ4v) is 3.16. The number of benzene rings is 4. The van der Waals surface area contributed by atoms with Gasteiger partial charge in [-0.2, -0.15) is 5.10 Å². The van der Waals surface area contributed by atoms with Crippen LogP contribution >= 0.6 is 0 Å². The number of hydrogen-bond acceptors (Lipinski definition) is 4. The van der Waals surface area contributed by atoms with Crippen molar-refractivity contribution in [3.8, 4) is 22.6 Å². The van der Waals surface area contributed by atoms with E-state index in [9.17, 15) is 4.79 Å². The predicted octanol–water partition coefficient (Wildman–Crippen LogP) is 5.46. The fourth-order valence-electron chi connectivity index (χ4n) is 3.16. The first-order chi connectivity index (χ1) is 16.3. The molecule has 0 radical (unpaired) electrons. The Morgan fingerprint density at radius 3 is 2.18 bits per heavy atom. The molecule has 164 valence electrons. The van der Waals surface area contributed by atoms with E-state index < -0.39 is 0 Å². The quantitative estimate of drug-likeness (QED) is 0.280. The van der Waals surface area contributed by atoms with Crippen LogP contribution in [0.4, 0.5) is 0 Å². The third-order valence-electron chi connectivity index (χ3n) is 4.84. The third-order valence-corrected chi connectivity index (χ3v) is 4.84. The van der Waals surface area contributed by atoms with Gasteiger partial charge < -0.3 is 9.47 Å². The lowest BCUT2D eigenvalue weighted by Gasteiger charge is -2.07. The van der Waals surface area contributed by atoms with Crippen LogP contribution in [0.2, 0.25) is 0 Å². The molecule has 4 aromatic rings. The molecule has 4 rings (SSSR count). The average molecular weight is 437 g/mol. The van der Waals surface area contributed by atoms with E-state index in [4.69, 9.17) is 9.47 Å². The molecule has 0 atom stereocenters. The molecule has 1 N–H and O–H groups in total. The van der Waals surface area contributed by atoms with Crippen molar-refractivity contribution in [1.82, 2.24) is 5.43 Å². The zero-order chi connectivity index (χ0) is 22.7. The van der Waals surface area contributed by atoms with Crippen molar-refractivity contribution < 1.29 is 14.3 Å². The molecule has 5 nitrogen and oxygen atoms in total. The number of hydrazone groups is 1. The van der Waals surface area contributed by atoms with E-state index >= 15 is 0 Å². The predicted molar refractivity (Wildman–Crippen MR) is 130 cm³/mol. The molecule has 0 bridgehead atoms. The van der Waals surface area contributed by atoms with Gasteiger partial charge in [-0.25, -0.2) is 5.43 Å². The van der Waals surface area contributed by atoms with Gasteiger partial charge in [0.2, 0.25) is 0 Å². The van der Waals surface area contributed by atoms with Crippen LogP contribution in [0.1, 0.15) is 11.1 Å². The van der Waals surface area contributed by atoms with Crippen molar-refractivity contribution >= 4 is 12.1 Å². The van der Waals surface area contributed by atoms with Gasteiger partial charge in [0.1, 0.15) is 18.1 Å². The lowest BCUT2D eigenvalue weighted by Crippen LogP contribution is -2.24. The van der Waals surface area contributed by atoms with Gasteiger partial charge in [-0.05, 0) is 46.5 Å². The monoisotopic (exact) mass is 436 g/mol. The zero-order valence-electron chi connectivity index (χ0n) is 18.1. The maximum atomic E-state index is 12.0. The zero-order valence-corrected chi connectivity index (χ0v) is 18.1. The van der Waals surface area contributed by atoms with Crippen LogP contribution in [-0.4, -0.2) is 18.7 Å². The third kappa shape index (κ3) is 6.80. The van der Waals surface area contributed by atoms with Crippen molar-refractivity contribution in [2.45, 2.75) is 6.61 Å². The van der Waals surface area contributed by atoms with Gasteiger partial charge in [-0.15, -0.1) is 0 Å². The summed E-state index contributed by atoms with van der Waals surface area (Å²) in [5.41, 5.74) is 6.61. The van der Waals surface area contributed by atoms with E-state index in [1.807, 2.05) is 109 Å². The van der Waals surface area contributed by atoms with Gasteiger partial charge in [-0.3, -0.25) is 4.79 Å². The SMILES string of the molecule is O=C(COc1ccc(-c2ccccc2)cc1)N/N=C\c1cccc(OCc2ccccc2)c1. The van der Waals surface area contributed by atoms with Crippen molar-refractivity contribution in [1.29, 1.82) is 0 Å². The molecule has 0 spiro atoms. The molecule has 0 aliphatic carbocycles. The van der Waals surface area contributed by atoms with E-state index in [-0.39, 0.29) is 12.5 Å². The first kappa shape index (κ1) is 21.8. The van der Waals surface area contributed by atoms with E-state index in [1.54, 1.807) is 6.21 Å². The van der Waals surface area contributed by atoms with Crippen LogP contribution in [0, 0.1) is 0 Å². The second-order valence-electron chi connectivity index (χ2n) is 7.32. The Balaban J connectivity index is 1.23. The molecule has 0 aliphatic heterocycles. The highest BCUT2D eigenvalue weighted by atomic mass is 16.5. The van der Waals surface area contributed by atoms with Gasteiger partial charge in [0.15, 0.2) is 6.61 Å². The van der Waals surface area contributed by atoms with Gasteiger partial charge in [-0.1, -0.05) is 84.9 Å². The van der Waals surface area contributed by atoms with Crippen LogP contribution in [0.3, 0.4) is 0 Å². The molecular weight excluding hydrogens is 412 g/mol. The molecule has 1 amide bonds. The van der Waals surface area contributed by atoms with Gasteiger partial charge in [0.05, 0.1) is 6.21 Å². The smallest absolute Gasteiger partial charge is 0.277 e. The molecule has 4 aromatic carbocycles. The topological polar surface area (TPSA) is 59.9 Å². The molecule has 0 aliphatic rings. The Kier molecular flexibility index (Phi) is 7.48. The minimum absolute atomic E-state index is 0.123. The first-order valence-electron chi connectivity index (χ1n) is 10.6. The minimum Gasteiger partial charge on any atom is -0.489 e. The molecule has 5 heteroatoms. The Morgan fingerprint density at radius 1 is 0.727 bits per heavy atom. The van der Waals surface area contributed by atoms with Gasteiger partial charge in [0, 0.05) is 0 Å². The summed E-state index contributed by atoms with van der Waals surface area (Å²) in [5, 5.41) is 4.01. The highest BCUT2D eigenvalue weighted by Gasteiger charge is 2.03. The second-order valence-corrected chi connectivity index (χ2v) is 7.32. The number of carbonyl (C=O) groups excluding carboxylic acids is 1. The fraction of sp³-hybridized carbons (Fsp3) is 0.0714. The maximum absolute atomic E-state index is 12.0. The first-order valence-corrected chi connectivity index (χ1v) is 10.6. The second kappa shape index (κ2) is 11.3. The summed E-state index contributed by atoms with van der Waals surface area (Å²) in [6.07, 6.45) is 1.57. The number of rotatable bonds is 9. The molecular formula is C28H24N2O3. The summed E-state index contributed by atoms with van der Waals surface area (Å²) in [4.78, 5) is 12.0. The molecule has 0 saturated carbocycles. The largest absolute Gasteiger partial charge is 0.489 e. The molecule has 33 heavy (non-hydrogen) atoms. The van der Waals surface area contributed by atoms with E-state index in [1.165, 1.54) is 0 Å². The Morgan fingerprint density at radius 2 is 1.42 bits per heavy atom. The Labute approximate surface area is 193 Å². The van der Waals surface area contributed by atoms with Crippen LogP contribution in [0.25, 0.3) is 11.1 Å². The van der Waals surface area contributed by atoms with Crippen molar-refractivity contribution in [2.75, 3.05) is 6.61 Å². The molecule has 0 heterocycles. The number of amides is 1. The van der Waals surface area contributed by atoms with Crippen molar-refractivity contribution in [3.63, 3.8) is 0 Å². The summed E-state index contributed by atoms with van der Waals surface area (Å²) in [6.45, 7) is 0.365. The van der Waals surface area contributed by atoms with Gasteiger partial charge >= 0.3 is 0 Å². The van der Waals surface area contributed by atoms with Crippen molar-refractivity contribution in [3.05, 3.63) is 120 Å². The van der Waals surface area contributed by atoms with E-state index in [0.29, 0.717) is 12.4 Å². The number of nitrogens with one attached hydrogen (secondary N) is 1. The van der Waals surface area contributed by atoms with E-state index in [2.05, 4.69) is 10.5 Å². The van der Waals surface area contributed by atoms with Crippen molar-refractivity contribution in [2.24, 2.45) is 5.10 Å². The summed E-state index contributed by atoms with van der Waals surface area (Å²) in [7, 11) is 0. The summed E-state index contributed by atoms with van der Waals surface area (Å²) in [5.74, 6) is 1.02. The highest BCUT2D eigenvalue weighted by molar-refractivity contribution is 5.83. The summed E-state index contributed by atoms with van der Waals surface area (Å²) in [6, 6.07) is 35.2. The van der Waals surface area contributed by atoms with Crippen LogP contribution < -0.4 is 14.9 Å². The van der Waals surface area contributed by atoms with Crippen LogP contribution in [-0.2, 0) is 11.4 Å². The molecule has 0 aromatic heterocycles. The lowest BCUT2D eigenvalue weighted by molar-refractivity contribution is -0.123. The number of nitrogens with zero attached hydrogens (tertiary/aromatic N) is 1. The Bertz CT molecular complexity index is 1190. The molecule has 0 fully saturated rings.